The van der Waals surface area contributed by atoms with Gasteiger partial charge >= 0.3 is 0 Å². The molecule has 114 valence electrons. The summed E-state index contributed by atoms with van der Waals surface area (Å²) in [6, 6.07) is 0. The molecule has 3 rings (SSSR count). The van der Waals surface area contributed by atoms with Crippen molar-refractivity contribution < 1.29 is 4.79 Å². The second kappa shape index (κ2) is 6.81. The number of halogens is 2. The molecule has 3 fully saturated rings. The summed E-state index contributed by atoms with van der Waals surface area (Å²) in [5.41, 5.74) is 0. The van der Waals surface area contributed by atoms with E-state index in [9.17, 15) is 4.79 Å². The van der Waals surface area contributed by atoms with Crippen LogP contribution in [-0.4, -0.2) is 15.4 Å². The molecule has 0 heterocycles. The maximum Gasteiger partial charge on any atom is 0.140 e. The van der Waals surface area contributed by atoms with E-state index in [-0.39, 0.29) is 5.92 Å². The molecule has 0 aromatic heterocycles. The van der Waals surface area contributed by atoms with Crippen LogP contribution in [0.2, 0.25) is 0 Å². The van der Waals surface area contributed by atoms with Crippen molar-refractivity contribution in [3.05, 3.63) is 0 Å². The van der Waals surface area contributed by atoms with Crippen LogP contribution in [0.15, 0.2) is 0 Å². The summed E-state index contributed by atoms with van der Waals surface area (Å²) >= 11 is 7.51. The molecule has 3 aliphatic carbocycles. The molecular formula is C17H26Br2O. The molecular weight excluding hydrogens is 380 g/mol. The van der Waals surface area contributed by atoms with Gasteiger partial charge in [-0.3, -0.25) is 4.79 Å². The molecule has 1 nitrogen and oxygen atoms in total. The Morgan fingerprint density at radius 2 is 1.55 bits per heavy atom. The van der Waals surface area contributed by atoms with Crippen molar-refractivity contribution in [2.45, 2.75) is 73.9 Å². The maximum atomic E-state index is 12.9. The van der Waals surface area contributed by atoms with Gasteiger partial charge in [-0.25, -0.2) is 0 Å². The fourth-order valence-electron chi connectivity index (χ4n) is 4.81. The average molecular weight is 406 g/mol. The number of carbonyl (C=O) groups excluding carboxylic acids is 1. The summed E-state index contributed by atoms with van der Waals surface area (Å²) in [4.78, 5) is 13.9. The van der Waals surface area contributed by atoms with Gasteiger partial charge in [-0.1, -0.05) is 57.5 Å². The molecule has 6 atom stereocenters. The van der Waals surface area contributed by atoms with Crippen molar-refractivity contribution in [1.82, 2.24) is 0 Å². The summed E-state index contributed by atoms with van der Waals surface area (Å²) in [6.07, 6.45) is 12.7. The lowest BCUT2D eigenvalue weighted by atomic mass is 9.65. The Morgan fingerprint density at radius 1 is 0.800 bits per heavy atom. The lowest BCUT2D eigenvalue weighted by Crippen LogP contribution is -2.39. The van der Waals surface area contributed by atoms with Crippen LogP contribution in [0.5, 0.6) is 0 Å². The second-order valence-electron chi connectivity index (χ2n) is 7.25. The van der Waals surface area contributed by atoms with Crippen LogP contribution in [0.4, 0.5) is 0 Å². The van der Waals surface area contributed by atoms with E-state index < -0.39 is 0 Å². The zero-order valence-electron chi connectivity index (χ0n) is 12.2. The molecule has 20 heavy (non-hydrogen) atoms. The quantitative estimate of drug-likeness (QED) is 0.555. The third kappa shape index (κ3) is 3.34. The van der Waals surface area contributed by atoms with Gasteiger partial charge in [0.2, 0.25) is 0 Å². The van der Waals surface area contributed by atoms with E-state index in [1.807, 2.05) is 0 Å². The van der Waals surface area contributed by atoms with E-state index in [0.717, 1.165) is 24.7 Å². The standard InChI is InChI=1S/C17H26Br2O/c18-14-7-8-16(19)15(10-14)17(20)13-6-5-11-3-1-2-4-12(11)9-13/h11-16H,1-10H2. The van der Waals surface area contributed by atoms with E-state index in [1.54, 1.807) is 0 Å². The molecule has 0 N–H and O–H groups in total. The van der Waals surface area contributed by atoms with Crippen LogP contribution in [0.1, 0.15) is 64.2 Å². The van der Waals surface area contributed by atoms with Crippen LogP contribution in [-0.2, 0) is 4.79 Å². The lowest BCUT2D eigenvalue weighted by Gasteiger charge is -2.40. The molecule has 3 aliphatic rings. The Labute approximate surface area is 139 Å². The van der Waals surface area contributed by atoms with E-state index in [0.29, 0.717) is 21.4 Å². The first-order valence-electron chi connectivity index (χ1n) is 8.47. The van der Waals surface area contributed by atoms with Gasteiger partial charge in [-0.2, -0.15) is 0 Å². The summed E-state index contributed by atoms with van der Waals surface area (Å²) in [7, 11) is 0. The molecule has 0 amide bonds. The zero-order chi connectivity index (χ0) is 14.1. The average Bonchev–Trinajstić information content (AvgIpc) is 2.48. The molecule has 3 heteroatoms. The van der Waals surface area contributed by atoms with Gasteiger partial charge in [0.05, 0.1) is 0 Å². The Hall–Kier alpha value is 0.630. The SMILES string of the molecule is O=C(C1CCC2CCCCC2C1)C1CC(Br)CCC1Br. The minimum Gasteiger partial charge on any atom is -0.299 e. The summed E-state index contributed by atoms with van der Waals surface area (Å²) in [6.45, 7) is 0. The molecule has 0 radical (unpaired) electrons. The van der Waals surface area contributed by atoms with Crippen molar-refractivity contribution in [1.29, 1.82) is 0 Å². The highest BCUT2D eigenvalue weighted by atomic mass is 79.9. The van der Waals surface area contributed by atoms with Gasteiger partial charge in [-0.15, -0.1) is 0 Å². The van der Waals surface area contributed by atoms with Crippen LogP contribution >= 0.6 is 31.9 Å². The van der Waals surface area contributed by atoms with Gasteiger partial charge in [0.15, 0.2) is 0 Å². The van der Waals surface area contributed by atoms with E-state index in [4.69, 9.17) is 0 Å². The van der Waals surface area contributed by atoms with Gasteiger partial charge in [0.25, 0.3) is 0 Å². The normalized spacial score (nSPS) is 45.7. The van der Waals surface area contributed by atoms with Gasteiger partial charge < -0.3 is 0 Å². The minimum absolute atomic E-state index is 0.262. The number of rotatable bonds is 2. The second-order valence-corrected chi connectivity index (χ2v) is 9.72. The number of alkyl halides is 2. The number of Topliss-reactive ketones (excluding diaryl/α,β-unsaturated/α-hetero) is 1. The predicted octanol–water partition coefficient (Wildman–Crippen LogP) is 5.49. The highest BCUT2D eigenvalue weighted by Crippen LogP contribution is 2.45. The highest BCUT2D eigenvalue weighted by molar-refractivity contribution is 9.10. The first-order valence-corrected chi connectivity index (χ1v) is 10.3. The Bertz CT molecular complexity index is 357. The molecule has 0 aliphatic heterocycles. The Kier molecular flexibility index (Phi) is 5.29. The third-order valence-electron chi connectivity index (χ3n) is 6.01. The van der Waals surface area contributed by atoms with Crippen LogP contribution in [0.3, 0.4) is 0 Å². The molecule has 0 saturated heterocycles. The molecule has 0 bridgehead atoms. The first kappa shape index (κ1) is 15.5. The fourth-order valence-corrected chi connectivity index (χ4v) is 6.22. The smallest absolute Gasteiger partial charge is 0.140 e. The Morgan fingerprint density at radius 3 is 2.35 bits per heavy atom. The number of fused-ring (bicyclic) bond motifs is 1. The van der Waals surface area contributed by atoms with E-state index in [1.165, 1.54) is 51.4 Å². The number of carbonyl (C=O) groups is 1. The van der Waals surface area contributed by atoms with Crippen molar-refractivity contribution in [3.8, 4) is 0 Å². The number of ketones is 1. The summed E-state index contributed by atoms with van der Waals surface area (Å²) < 4.78 is 0. The monoisotopic (exact) mass is 404 g/mol. The highest BCUT2D eigenvalue weighted by Gasteiger charge is 2.40. The minimum atomic E-state index is 0.262. The maximum absolute atomic E-state index is 12.9. The topological polar surface area (TPSA) is 17.1 Å². The lowest BCUT2D eigenvalue weighted by molar-refractivity contribution is -0.129. The first-order chi connectivity index (χ1) is 9.65. The van der Waals surface area contributed by atoms with Crippen molar-refractivity contribution in [2.75, 3.05) is 0 Å². The van der Waals surface area contributed by atoms with Gasteiger partial charge in [-0.05, 0) is 50.4 Å². The van der Waals surface area contributed by atoms with Crippen molar-refractivity contribution in [3.63, 3.8) is 0 Å². The fraction of sp³-hybridized carbons (Fsp3) is 0.941. The number of hydrogen-bond donors (Lipinski definition) is 0. The third-order valence-corrected chi connectivity index (χ3v) is 7.94. The molecule has 0 spiro atoms. The van der Waals surface area contributed by atoms with Crippen molar-refractivity contribution in [2.24, 2.45) is 23.7 Å². The van der Waals surface area contributed by atoms with Crippen LogP contribution in [0.25, 0.3) is 0 Å². The van der Waals surface area contributed by atoms with Crippen LogP contribution in [0, 0.1) is 23.7 Å². The Balaban J connectivity index is 1.62. The van der Waals surface area contributed by atoms with Gasteiger partial charge in [0, 0.05) is 21.5 Å². The molecule has 6 unspecified atom stereocenters. The molecule has 0 aromatic rings. The molecule has 0 aromatic carbocycles. The summed E-state index contributed by atoms with van der Waals surface area (Å²) in [5, 5.41) is 0. The van der Waals surface area contributed by atoms with E-state index >= 15 is 0 Å². The number of hydrogen-bond acceptors (Lipinski definition) is 1. The van der Waals surface area contributed by atoms with Gasteiger partial charge in [0.1, 0.15) is 5.78 Å². The largest absolute Gasteiger partial charge is 0.299 e. The van der Waals surface area contributed by atoms with Crippen molar-refractivity contribution >= 4 is 37.6 Å². The predicted molar refractivity (Wildman–Crippen MR) is 90.6 cm³/mol. The van der Waals surface area contributed by atoms with E-state index in [2.05, 4.69) is 31.9 Å². The van der Waals surface area contributed by atoms with Crippen LogP contribution < -0.4 is 0 Å². The zero-order valence-corrected chi connectivity index (χ0v) is 15.4. The molecule has 3 saturated carbocycles. The summed E-state index contributed by atoms with van der Waals surface area (Å²) in [5.74, 6) is 3.03.